The highest BCUT2D eigenvalue weighted by molar-refractivity contribution is 5.73. The van der Waals surface area contributed by atoms with Gasteiger partial charge >= 0.3 is 6.03 Å². The summed E-state index contributed by atoms with van der Waals surface area (Å²) in [6.45, 7) is 6.72. The fourth-order valence-electron chi connectivity index (χ4n) is 4.59. The average molecular weight is 407 g/mol. The predicted octanol–water partition coefficient (Wildman–Crippen LogP) is 4.00. The molecule has 1 unspecified atom stereocenters. The third-order valence-corrected chi connectivity index (χ3v) is 6.36. The molecule has 2 aliphatic rings. The summed E-state index contributed by atoms with van der Waals surface area (Å²) in [5, 5.41) is 6.14. The molecule has 0 aliphatic carbocycles. The van der Waals surface area contributed by atoms with Crippen LogP contribution in [0.5, 0.6) is 0 Å². The van der Waals surface area contributed by atoms with Crippen molar-refractivity contribution in [2.45, 2.75) is 38.8 Å². The highest BCUT2D eigenvalue weighted by atomic mass is 16.2. The van der Waals surface area contributed by atoms with Gasteiger partial charge in [-0.3, -0.25) is 4.90 Å². The van der Waals surface area contributed by atoms with Crippen molar-refractivity contribution in [3.8, 4) is 0 Å². The minimum absolute atomic E-state index is 0.0686. The van der Waals surface area contributed by atoms with Crippen molar-refractivity contribution in [3.63, 3.8) is 0 Å². The van der Waals surface area contributed by atoms with Crippen LogP contribution in [0.2, 0.25) is 0 Å². The number of anilines is 1. The monoisotopic (exact) mass is 406 g/mol. The molecular weight excluding hydrogens is 372 g/mol. The van der Waals surface area contributed by atoms with Crippen LogP contribution in [0.15, 0.2) is 54.6 Å². The van der Waals surface area contributed by atoms with Crippen LogP contribution in [0.3, 0.4) is 0 Å². The largest absolute Gasteiger partial charge is 0.371 e. The summed E-state index contributed by atoms with van der Waals surface area (Å²) < 4.78 is 0. The van der Waals surface area contributed by atoms with Crippen LogP contribution >= 0.6 is 0 Å². The molecule has 160 valence electrons. The first-order valence-electron chi connectivity index (χ1n) is 11.4. The molecule has 5 nitrogen and oxygen atoms in total. The summed E-state index contributed by atoms with van der Waals surface area (Å²) in [6.07, 6.45) is 5.06. The summed E-state index contributed by atoms with van der Waals surface area (Å²) in [7, 11) is 0. The van der Waals surface area contributed by atoms with Gasteiger partial charge in [0.25, 0.3) is 0 Å². The zero-order valence-corrected chi connectivity index (χ0v) is 17.9. The van der Waals surface area contributed by atoms with Gasteiger partial charge in [-0.05, 0) is 61.5 Å². The molecule has 0 saturated carbocycles. The molecule has 2 aromatic rings. The summed E-state index contributed by atoms with van der Waals surface area (Å²) >= 11 is 0. The maximum Gasteiger partial charge on any atom is 0.315 e. The van der Waals surface area contributed by atoms with E-state index >= 15 is 0 Å². The number of para-hydroxylation sites is 1. The summed E-state index contributed by atoms with van der Waals surface area (Å²) in [5.41, 5.74) is 3.82. The van der Waals surface area contributed by atoms with Gasteiger partial charge < -0.3 is 15.5 Å². The number of nitrogens with zero attached hydrogens (tertiary/aromatic N) is 2. The van der Waals surface area contributed by atoms with Crippen molar-refractivity contribution in [3.05, 3.63) is 65.7 Å². The van der Waals surface area contributed by atoms with E-state index in [0.29, 0.717) is 12.5 Å². The Hall–Kier alpha value is -2.53. The van der Waals surface area contributed by atoms with Crippen LogP contribution in [0, 0.1) is 5.92 Å². The number of likely N-dealkylation sites (tertiary alicyclic amines) is 1. The third-order valence-electron chi connectivity index (χ3n) is 6.36. The molecule has 2 fully saturated rings. The van der Waals surface area contributed by atoms with Crippen molar-refractivity contribution < 1.29 is 4.79 Å². The average Bonchev–Trinajstić information content (AvgIpc) is 3.28. The fraction of sp³-hybridized carbons (Fsp3) is 0.480. The Morgan fingerprint density at radius 1 is 0.867 bits per heavy atom. The van der Waals surface area contributed by atoms with Crippen LogP contribution in [0.25, 0.3) is 0 Å². The number of hydrogen-bond acceptors (Lipinski definition) is 3. The number of hydrogen-bond donors (Lipinski definition) is 2. The smallest absolute Gasteiger partial charge is 0.315 e. The predicted molar refractivity (Wildman–Crippen MR) is 123 cm³/mol. The second-order valence-corrected chi connectivity index (χ2v) is 8.61. The highest BCUT2D eigenvalue weighted by Crippen LogP contribution is 2.23. The molecule has 2 aromatic carbocycles. The Labute approximate surface area is 180 Å². The lowest BCUT2D eigenvalue weighted by molar-refractivity contribution is 0.220. The van der Waals surface area contributed by atoms with E-state index in [1.807, 2.05) is 6.07 Å². The first-order valence-corrected chi connectivity index (χ1v) is 11.4. The van der Waals surface area contributed by atoms with E-state index in [2.05, 4.69) is 69.0 Å². The molecule has 2 aliphatic heterocycles. The molecular formula is C25H34N4O. The maximum absolute atomic E-state index is 12.4. The lowest BCUT2D eigenvalue weighted by atomic mass is 10.0. The van der Waals surface area contributed by atoms with Gasteiger partial charge in [0.1, 0.15) is 0 Å². The van der Waals surface area contributed by atoms with E-state index in [0.717, 1.165) is 32.6 Å². The van der Waals surface area contributed by atoms with Crippen molar-refractivity contribution in [1.82, 2.24) is 15.5 Å². The van der Waals surface area contributed by atoms with E-state index in [-0.39, 0.29) is 6.03 Å². The van der Waals surface area contributed by atoms with Gasteiger partial charge in [0.05, 0.1) is 0 Å². The van der Waals surface area contributed by atoms with Crippen LogP contribution in [-0.4, -0.2) is 43.7 Å². The number of rotatable bonds is 7. The molecule has 2 N–H and O–H groups in total. The molecule has 30 heavy (non-hydrogen) atoms. The van der Waals surface area contributed by atoms with E-state index in [1.54, 1.807) is 0 Å². The molecule has 4 rings (SSSR count). The van der Waals surface area contributed by atoms with E-state index in [9.17, 15) is 4.79 Å². The summed E-state index contributed by atoms with van der Waals surface area (Å²) in [6, 6.07) is 18.9. The first kappa shape index (κ1) is 20.7. The van der Waals surface area contributed by atoms with Gasteiger partial charge in [0, 0.05) is 38.4 Å². The Bertz CT molecular complexity index is 804. The molecule has 0 aromatic heterocycles. The van der Waals surface area contributed by atoms with E-state index < -0.39 is 0 Å². The molecule has 0 radical (unpaired) electrons. The Morgan fingerprint density at radius 2 is 1.60 bits per heavy atom. The van der Waals surface area contributed by atoms with E-state index in [1.165, 1.54) is 49.2 Å². The molecule has 2 amide bonds. The molecule has 2 saturated heterocycles. The van der Waals surface area contributed by atoms with Gasteiger partial charge in [0.2, 0.25) is 0 Å². The second kappa shape index (κ2) is 10.5. The quantitative estimate of drug-likeness (QED) is 0.731. The number of benzene rings is 2. The standard InChI is InChI=1S/C25H34N4O/c30-25(26-17-21-13-16-29(19-21)24-11-3-1-4-12-24)27-18-22-9-5-6-10-23(22)20-28-14-7-2-8-15-28/h1,3-6,9-12,21H,2,7-8,13-20H2,(H2,26,27,30). The van der Waals surface area contributed by atoms with Crippen LogP contribution in [0.1, 0.15) is 36.8 Å². The topological polar surface area (TPSA) is 47.6 Å². The number of urea groups is 1. The number of carbonyl (C=O) groups excluding carboxylic acids is 1. The zero-order chi connectivity index (χ0) is 20.6. The fourth-order valence-corrected chi connectivity index (χ4v) is 4.59. The first-order chi connectivity index (χ1) is 14.8. The van der Waals surface area contributed by atoms with Gasteiger partial charge in [-0.25, -0.2) is 4.79 Å². The van der Waals surface area contributed by atoms with Crippen LogP contribution in [-0.2, 0) is 13.1 Å². The maximum atomic E-state index is 12.4. The molecule has 0 bridgehead atoms. The van der Waals surface area contributed by atoms with Gasteiger partial charge in [-0.15, -0.1) is 0 Å². The van der Waals surface area contributed by atoms with Crippen molar-refractivity contribution >= 4 is 11.7 Å². The lowest BCUT2D eigenvalue weighted by Gasteiger charge is -2.27. The van der Waals surface area contributed by atoms with Gasteiger partial charge in [-0.1, -0.05) is 48.9 Å². The molecule has 0 spiro atoms. The Balaban J connectivity index is 1.21. The third kappa shape index (κ3) is 5.76. The SMILES string of the molecule is O=C(NCc1ccccc1CN1CCCCC1)NCC1CCN(c2ccccc2)C1. The molecule has 5 heteroatoms. The number of carbonyl (C=O) groups is 1. The van der Waals surface area contributed by atoms with E-state index in [4.69, 9.17) is 0 Å². The molecule has 1 atom stereocenters. The van der Waals surface area contributed by atoms with Crippen molar-refractivity contribution in [2.75, 3.05) is 37.6 Å². The Morgan fingerprint density at radius 3 is 2.40 bits per heavy atom. The lowest BCUT2D eigenvalue weighted by Crippen LogP contribution is -2.38. The number of piperidine rings is 1. The number of amides is 2. The van der Waals surface area contributed by atoms with Gasteiger partial charge in [0.15, 0.2) is 0 Å². The number of nitrogens with one attached hydrogen (secondary N) is 2. The second-order valence-electron chi connectivity index (χ2n) is 8.61. The minimum Gasteiger partial charge on any atom is -0.371 e. The van der Waals surface area contributed by atoms with Crippen molar-refractivity contribution in [2.24, 2.45) is 5.92 Å². The van der Waals surface area contributed by atoms with Gasteiger partial charge in [-0.2, -0.15) is 0 Å². The van der Waals surface area contributed by atoms with Crippen molar-refractivity contribution in [1.29, 1.82) is 0 Å². The van der Waals surface area contributed by atoms with Crippen LogP contribution in [0.4, 0.5) is 10.5 Å². The summed E-state index contributed by atoms with van der Waals surface area (Å²) in [4.78, 5) is 17.3. The minimum atomic E-state index is -0.0686. The van der Waals surface area contributed by atoms with Crippen LogP contribution < -0.4 is 15.5 Å². The Kier molecular flexibility index (Phi) is 7.25. The normalized spacial score (nSPS) is 19.6. The highest BCUT2D eigenvalue weighted by Gasteiger charge is 2.23. The summed E-state index contributed by atoms with van der Waals surface area (Å²) in [5.74, 6) is 0.502. The zero-order valence-electron chi connectivity index (χ0n) is 17.9. The molecule has 2 heterocycles.